The molecule has 11 heteroatoms. The van der Waals surface area contributed by atoms with Gasteiger partial charge in [-0.3, -0.25) is 10.0 Å². The van der Waals surface area contributed by atoms with Crippen LogP contribution >= 0.6 is 11.6 Å². The van der Waals surface area contributed by atoms with Crippen LogP contribution in [0.3, 0.4) is 0 Å². The van der Waals surface area contributed by atoms with Crippen LogP contribution in [0.4, 0.5) is 4.39 Å². The second-order valence-electron chi connectivity index (χ2n) is 7.45. The number of ether oxygens (including phenoxy) is 1. The van der Waals surface area contributed by atoms with Gasteiger partial charge in [-0.05, 0) is 56.2 Å². The lowest BCUT2D eigenvalue weighted by atomic mass is 9.87. The minimum absolute atomic E-state index is 0.0118. The topological polar surface area (TPSA) is 116 Å². The summed E-state index contributed by atoms with van der Waals surface area (Å²) >= 11 is 5.97. The quantitative estimate of drug-likeness (QED) is 0.439. The van der Waals surface area contributed by atoms with Gasteiger partial charge < -0.3 is 9.84 Å². The minimum Gasteiger partial charge on any atom is -0.489 e. The molecule has 0 aliphatic carbocycles. The maximum absolute atomic E-state index is 13.1. The monoisotopic (exact) mass is 472 g/mol. The van der Waals surface area contributed by atoms with E-state index in [0.29, 0.717) is 17.7 Å². The third kappa shape index (κ3) is 4.99. The Bertz CT molecular complexity index is 1060. The van der Waals surface area contributed by atoms with Gasteiger partial charge in [0.25, 0.3) is 5.91 Å². The number of hydroxylamine groups is 1. The Kier molecular flexibility index (Phi) is 6.87. The van der Waals surface area contributed by atoms with Crippen LogP contribution in [0.2, 0.25) is 5.02 Å². The van der Waals surface area contributed by atoms with Gasteiger partial charge in [-0.15, -0.1) is 0 Å². The van der Waals surface area contributed by atoms with Crippen molar-refractivity contribution in [2.45, 2.75) is 42.9 Å². The van der Waals surface area contributed by atoms with Gasteiger partial charge in [-0.25, -0.2) is 18.3 Å². The molecule has 0 saturated carbocycles. The lowest BCUT2D eigenvalue weighted by molar-refractivity contribution is -0.144. The van der Waals surface area contributed by atoms with Crippen LogP contribution in [0.15, 0.2) is 47.4 Å². The van der Waals surface area contributed by atoms with E-state index in [2.05, 4.69) is 0 Å². The summed E-state index contributed by atoms with van der Waals surface area (Å²) in [5.41, 5.74) is 0.354. The number of hydrogen-bond acceptors (Lipinski definition) is 6. The molecule has 0 spiro atoms. The van der Waals surface area contributed by atoms with E-state index < -0.39 is 33.4 Å². The molecule has 1 aliphatic heterocycles. The Balaban J connectivity index is 1.79. The minimum atomic E-state index is -4.15. The maximum atomic E-state index is 13.1. The number of halogens is 2. The van der Waals surface area contributed by atoms with Crippen LogP contribution in [-0.2, 0) is 21.4 Å². The molecule has 2 atom stereocenters. The zero-order valence-electron chi connectivity index (χ0n) is 16.6. The third-order valence-corrected chi connectivity index (χ3v) is 7.37. The molecule has 31 heavy (non-hydrogen) atoms. The lowest BCUT2D eigenvalue weighted by Crippen LogP contribution is -2.62. The van der Waals surface area contributed by atoms with Crippen molar-refractivity contribution in [3.63, 3.8) is 0 Å². The number of nitrogens with zero attached hydrogens (tertiary/aromatic N) is 1. The van der Waals surface area contributed by atoms with Crippen molar-refractivity contribution < 1.29 is 32.7 Å². The summed E-state index contributed by atoms with van der Waals surface area (Å²) in [7, 11) is -4.15. The summed E-state index contributed by atoms with van der Waals surface area (Å²) in [5.74, 6) is -1.12. The van der Waals surface area contributed by atoms with Crippen LogP contribution in [-0.4, -0.2) is 47.1 Å². The number of carbonyl (C=O) groups excluding carboxylic acids is 1. The number of sulfonamides is 1. The van der Waals surface area contributed by atoms with E-state index in [-0.39, 0.29) is 29.5 Å². The average Bonchev–Trinajstić information content (AvgIpc) is 2.72. The molecule has 1 heterocycles. The number of nitrogens with one attached hydrogen (secondary N) is 1. The van der Waals surface area contributed by atoms with Gasteiger partial charge in [0.2, 0.25) is 10.0 Å². The summed E-state index contributed by atoms with van der Waals surface area (Å²) < 4.78 is 45.9. The first kappa shape index (κ1) is 23.4. The van der Waals surface area contributed by atoms with Gasteiger partial charge in [0.1, 0.15) is 24.2 Å². The van der Waals surface area contributed by atoms with Gasteiger partial charge in [0.05, 0.1) is 15.5 Å². The second kappa shape index (κ2) is 9.09. The SMILES string of the molecule is C[C@@]1(O)CCCN(S(=O)(=O)c2ccc(OCc3ccc(F)cc3Cl)cc2)[C@H]1C(=O)NO. The number of benzene rings is 2. The predicted octanol–water partition coefficient (Wildman–Crippen LogP) is 2.47. The number of carbonyl (C=O) groups is 1. The zero-order chi connectivity index (χ0) is 22.8. The molecule has 168 valence electrons. The molecule has 1 saturated heterocycles. The van der Waals surface area contributed by atoms with Crippen molar-refractivity contribution in [3.8, 4) is 5.75 Å². The summed E-state index contributed by atoms with van der Waals surface area (Å²) in [4.78, 5) is 12.0. The van der Waals surface area contributed by atoms with Gasteiger partial charge in [-0.1, -0.05) is 17.7 Å². The van der Waals surface area contributed by atoms with Gasteiger partial charge >= 0.3 is 0 Å². The highest BCUT2D eigenvalue weighted by atomic mass is 35.5. The number of hydrogen-bond donors (Lipinski definition) is 3. The number of piperidine rings is 1. The Hall–Kier alpha value is -2.24. The van der Waals surface area contributed by atoms with Crippen molar-refractivity contribution in [3.05, 3.63) is 58.9 Å². The van der Waals surface area contributed by atoms with Crippen molar-refractivity contribution in [2.24, 2.45) is 0 Å². The third-order valence-electron chi connectivity index (χ3n) is 5.14. The van der Waals surface area contributed by atoms with Crippen molar-refractivity contribution in [2.75, 3.05) is 6.54 Å². The van der Waals surface area contributed by atoms with Crippen LogP contribution in [0.25, 0.3) is 0 Å². The summed E-state index contributed by atoms with van der Waals surface area (Å²) in [6.07, 6.45) is 0.552. The van der Waals surface area contributed by atoms with Gasteiger partial charge in [0, 0.05) is 12.1 Å². The second-order valence-corrected chi connectivity index (χ2v) is 9.75. The summed E-state index contributed by atoms with van der Waals surface area (Å²) in [6.45, 7) is 1.42. The molecule has 1 aliphatic rings. The highest BCUT2D eigenvalue weighted by Crippen LogP contribution is 2.33. The predicted molar refractivity (Wildman–Crippen MR) is 110 cm³/mol. The van der Waals surface area contributed by atoms with Crippen molar-refractivity contribution in [1.29, 1.82) is 0 Å². The molecule has 2 aromatic carbocycles. The van der Waals surface area contributed by atoms with Crippen LogP contribution in [0.5, 0.6) is 5.75 Å². The highest BCUT2D eigenvalue weighted by molar-refractivity contribution is 7.89. The Morgan fingerprint density at radius 3 is 2.61 bits per heavy atom. The van der Waals surface area contributed by atoms with E-state index in [1.54, 1.807) is 0 Å². The fourth-order valence-corrected chi connectivity index (χ4v) is 5.49. The van der Waals surface area contributed by atoms with E-state index in [0.717, 1.165) is 4.31 Å². The largest absolute Gasteiger partial charge is 0.489 e. The lowest BCUT2D eigenvalue weighted by Gasteiger charge is -2.42. The number of aliphatic hydroxyl groups is 1. The van der Waals surface area contributed by atoms with Gasteiger partial charge in [-0.2, -0.15) is 4.31 Å². The van der Waals surface area contributed by atoms with E-state index in [4.69, 9.17) is 21.5 Å². The Morgan fingerprint density at radius 1 is 1.32 bits per heavy atom. The molecule has 1 fully saturated rings. The fraction of sp³-hybridized carbons (Fsp3) is 0.350. The average molecular weight is 473 g/mol. The van der Waals surface area contributed by atoms with Crippen LogP contribution < -0.4 is 10.2 Å². The normalized spacial score (nSPS) is 22.2. The molecule has 8 nitrogen and oxygen atoms in total. The first-order valence-electron chi connectivity index (χ1n) is 9.41. The van der Waals surface area contributed by atoms with Crippen molar-refractivity contribution in [1.82, 2.24) is 9.79 Å². The molecule has 2 aromatic rings. The standard InChI is InChI=1S/C20H22ClFN2O6S/c1-20(26)9-2-10-24(18(20)19(25)23-27)31(28,29)16-7-5-15(6-8-16)30-12-13-3-4-14(22)11-17(13)21/h3-8,11,18,26-27H,2,9-10,12H2,1H3,(H,23,25)/t18-,20+/m0/s1. The van der Waals surface area contributed by atoms with Crippen LogP contribution in [0, 0.1) is 5.82 Å². The number of amides is 1. The van der Waals surface area contributed by atoms with Crippen molar-refractivity contribution >= 4 is 27.5 Å². The molecular formula is C20H22ClFN2O6S. The van der Waals surface area contributed by atoms with Gasteiger partial charge in [0.15, 0.2) is 0 Å². The molecule has 0 bridgehead atoms. The molecular weight excluding hydrogens is 451 g/mol. The maximum Gasteiger partial charge on any atom is 0.264 e. The molecule has 0 unspecified atom stereocenters. The number of rotatable bonds is 6. The zero-order valence-corrected chi connectivity index (χ0v) is 18.2. The summed E-state index contributed by atoms with van der Waals surface area (Å²) in [6, 6.07) is 7.94. The Labute approximate surface area is 184 Å². The highest BCUT2D eigenvalue weighted by Gasteiger charge is 2.49. The molecule has 0 radical (unpaired) electrons. The first-order chi connectivity index (χ1) is 14.6. The molecule has 0 aromatic heterocycles. The van der Waals surface area contributed by atoms with Crippen LogP contribution in [0.1, 0.15) is 25.3 Å². The fourth-order valence-electron chi connectivity index (χ4n) is 3.55. The molecule has 1 amide bonds. The molecule has 3 rings (SSSR count). The first-order valence-corrected chi connectivity index (χ1v) is 11.2. The van der Waals surface area contributed by atoms with E-state index >= 15 is 0 Å². The Morgan fingerprint density at radius 2 is 2.00 bits per heavy atom. The molecule has 3 N–H and O–H groups in total. The summed E-state index contributed by atoms with van der Waals surface area (Å²) in [5, 5.41) is 19.8. The van der Waals surface area contributed by atoms with E-state index in [1.165, 1.54) is 54.9 Å². The van der Waals surface area contributed by atoms with E-state index in [9.17, 15) is 22.7 Å². The van der Waals surface area contributed by atoms with E-state index in [1.807, 2.05) is 0 Å². The smallest absolute Gasteiger partial charge is 0.264 e.